The van der Waals surface area contributed by atoms with Gasteiger partial charge in [0.1, 0.15) is 11.6 Å². The Labute approximate surface area is 158 Å². The van der Waals surface area contributed by atoms with Crippen molar-refractivity contribution >= 4 is 17.7 Å². The molecule has 2 aromatic rings. The van der Waals surface area contributed by atoms with Gasteiger partial charge in [0, 0.05) is 24.6 Å². The monoisotopic (exact) mass is 374 g/mol. The zero-order valence-electron chi connectivity index (χ0n) is 15.4. The maximum Gasteiger partial charge on any atom is 0.251 e. The van der Waals surface area contributed by atoms with Gasteiger partial charge in [0.2, 0.25) is 0 Å². The third kappa shape index (κ3) is 4.38. The van der Waals surface area contributed by atoms with Gasteiger partial charge in [-0.15, -0.1) is 10.2 Å². The predicted molar refractivity (Wildman–Crippen MR) is 103 cm³/mol. The lowest BCUT2D eigenvalue weighted by Gasteiger charge is -2.16. The number of nitrogens with one attached hydrogen (secondary N) is 1. The number of methoxy groups -OCH3 is 1. The molecule has 140 valence electrons. The Bertz CT molecular complexity index is 724. The van der Waals surface area contributed by atoms with Gasteiger partial charge in [-0.05, 0) is 49.8 Å². The number of hydrogen-bond acceptors (Lipinski definition) is 5. The van der Waals surface area contributed by atoms with Crippen LogP contribution in [0.25, 0.3) is 0 Å². The van der Waals surface area contributed by atoms with Gasteiger partial charge in [0.05, 0.1) is 7.11 Å². The summed E-state index contributed by atoms with van der Waals surface area (Å²) in [5.41, 5.74) is 0.643. The molecular weight excluding hydrogens is 348 g/mol. The lowest BCUT2D eigenvalue weighted by atomic mass is 10.2. The van der Waals surface area contributed by atoms with E-state index in [-0.39, 0.29) is 5.91 Å². The van der Waals surface area contributed by atoms with E-state index in [1.165, 1.54) is 25.7 Å². The second-order valence-electron chi connectivity index (χ2n) is 6.50. The van der Waals surface area contributed by atoms with Gasteiger partial charge in [-0.1, -0.05) is 24.6 Å². The van der Waals surface area contributed by atoms with E-state index >= 15 is 0 Å². The van der Waals surface area contributed by atoms with E-state index in [1.54, 1.807) is 43.1 Å². The van der Waals surface area contributed by atoms with E-state index in [2.05, 4.69) is 20.1 Å². The van der Waals surface area contributed by atoms with E-state index in [4.69, 9.17) is 4.74 Å². The molecule has 7 heteroatoms. The number of rotatable bonds is 8. The van der Waals surface area contributed by atoms with Gasteiger partial charge in [0.25, 0.3) is 5.91 Å². The summed E-state index contributed by atoms with van der Waals surface area (Å²) in [5, 5.41) is 12.7. The van der Waals surface area contributed by atoms with Crippen LogP contribution in [0.5, 0.6) is 5.75 Å². The van der Waals surface area contributed by atoms with Crippen LogP contribution in [-0.4, -0.2) is 40.6 Å². The highest BCUT2D eigenvalue weighted by molar-refractivity contribution is 7.98. The smallest absolute Gasteiger partial charge is 0.251 e. The molecule has 0 bridgehead atoms. The molecule has 1 fully saturated rings. The van der Waals surface area contributed by atoms with Crippen LogP contribution in [0.2, 0.25) is 0 Å². The Kier molecular flexibility index (Phi) is 6.55. The molecule has 1 heterocycles. The van der Waals surface area contributed by atoms with Gasteiger partial charge in [-0.25, -0.2) is 0 Å². The molecule has 1 aliphatic rings. The van der Waals surface area contributed by atoms with Crippen LogP contribution in [-0.2, 0) is 6.42 Å². The molecule has 0 atom stereocenters. The molecule has 0 aliphatic heterocycles. The number of carbonyl (C=O) groups is 1. The fourth-order valence-electron chi connectivity index (χ4n) is 3.44. The average molecular weight is 375 g/mol. The first-order chi connectivity index (χ1) is 12.7. The van der Waals surface area contributed by atoms with Crippen molar-refractivity contribution in [2.24, 2.45) is 0 Å². The largest absolute Gasteiger partial charge is 0.497 e. The molecule has 0 spiro atoms. The second-order valence-corrected chi connectivity index (χ2v) is 7.27. The van der Waals surface area contributed by atoms with Crippen LogP contribution in [0.4, 0.5) is 0 Å². The number of thioether (sulfide) groups is 1. The Morgan fingerprint density at radius 3 is 2.65 bits per heavy atom. The van der Waals surface area contributed by atoms with Gasteiger partial charge >= 0.3 is 0 Å². The first kappa shape index (κ1) is 18.8. The maximum absolute atomic E-state index is 12.2. The number of carbonyl (C=O) groups excluding carboxylic acids is 1. The highest BCUT2D eigenvalue weighted by atomic mass is 32.2. The van der Waals surface area contributed by atoms with Gasteiger partial charge < -0.3 is 14.6 Å². The van der Waals surface area contributed by atoms with Gasteiger partial charge in [-0.3, -0.25) is 4.79 Å². The number of aromatic nitrogens is 3. The highest BCUT2D eigenvalue weighted by Gasteiger charge is 2.23. The molecule has 1 saturated carbocycles. The summed E-state index contributed by atoms with van der Waals surface area (Å²) in [4.78, 5) is 12.2. The molecule has 0 radical (unpaired) electrons. The van der Waals surface area contributed by atoms with Crippen molar-refractivity contribution in [2.75, 3.05) is 19.9 Å². The minimum atomic E-state index is -0.0604. The first-order valence-corrected chi connectivity index (χ1v) is 10.4. The van der Waals surface area contributed by atoms with Crippen molar-refractivity contribution < 1.29 is 9.53 Å². The van der Waals surface area contributed by atoms with Gasteiger partial charge in [0.15, 0.2) is 5.16 Å². The topological polar surface area (TPSA) is 69.0 Å². The summed E-state index contributed by atoms with van der Waals surface area (Å²) in [6.07, 6.45) is 8.73. The first-order valence-electron chi connectivity index (χ1n) is 9.13. The quantitative estimate of drug-likeness (QED) is 0.566. The highest BCUT2D eigenvalue weighted by Crippen LogP contribution is 2.33. The molecule has 1 aliphatic carbocycles. The lowest BCUT2D eigenvalue weighted by Crippen LogP contribution is -2.25. The lowest BCUT2D eigenvalue weighted by molar-refractivity contribution is 0.0953. The van der Waals surface area contributed by atoms with E-state index in [9.17, 15) is 4.79 Å². The third-order valence-electron chi connectivity index (χ3n) is 4.82. The standard InChI is InChI=1S/C19H26N4O2S/c1-25-16-11-9-14(10-12-16)18(24)20-13-5-8-17-21-22-19(26-2)23(17)15-6-3-4-7-15/h9-12,15H,3-8,13H2,1-2H3,(H,20,24). The number of benzene rings is 1. The molecule has 0 saturated heterocycles. The van der Waals surface area contributed by atoms with Crippen molar-refractivity contribution in [3.05, 3.63) is 35.7 Å². The van der Waals surface area contributed by atoms with E-state index < -0.39 is 0 Å². The molecule has 1 aromatic heterocycles. The summed E-state index contributed by atoms with van der Waals surface area (Å²) < 4.78 is 7.43. The van der Waals surface area contributed by atoms with Crippen LogP contribution in [0.3, 0.4) is 0 Å². The summed E-state index contributed by atoms with van der Waals surface area (Å²) in [5.74, 6) is 1.73. The molecular formula is C19H26N4O2S. The Balaban J connectivity index is 1.51. The van der Waals surface area contributed by atoms with Gasteiger partial charge in [-0.2, -0.15) is 0 Å². The summed E-state index contributed by atoms with van der Waals surface area (Å²) in [7, 11) is 1.61. The zero-order chi connectivity index (χ0) is 18.4. The zero-order valence-corrected chi connectivity index (χ0v) is 16.2. The molecule has 3 rings (SSSR count). The van der Waals surface area contributed by atoms with Crippen LogP contribution in [0.15, 0.2) is 29.4 Å². The van der Waals surface area contributed by atoms with Crippen LogP contribution in [0, 0.1) is 0 Å². The van der Waals surface area contributed by atoms with Crippen LogP contribution in [0.1, 0.15) is 54.3 Å². The second kappa shape index (κ2) is 9.07. The third-order valence-corrected chi connectivity index (χ3v) is 5.47. The minimum absolute atomic E-state index is 0.0604. The normalized spacial score (nSPS) is 14.5. The summed E-state index contributed by atoms with van der Waals surface area (Å²) >= 11 is 1.66. The predicted octanol–water partition coefficient (Wildman–Crippen LogP) is 3.49. The number of amides is 1. The van der Waals surface area contributed by atoms with Crippen molar-refractivity contribution in [1.29, 1.82) is 0 Å². The summed E-state index contributed by atoms with van der Waals surface area (Å²) in [6.45, 7) is 0.622. The Morgan fingerprint density at radius 1 is 1.27 bits per heavy atom. The van der Waals surface area contributed by atoms with Crippen molar-refractivity contribution in [3.63, 3.8) is 0 Å². The number of hydrogen-bond donors (Lipinski definition) is 1. The Hall–Kier alpha value is -2.02. The fraction of sp³-hybridized carbons (Fsp3) is 0.526. The van der Waals surface area contributed by atoms with Crippen molar-refractivity contribution in [2.45, 2.75) is 49.7 Å². The molecule has 1 N–H and O–H groups in total. The Morgan fingerprint density at radius 2 is 2.00 bits per heavy atom. The number of nitrogens with zero attached hydrogens (tertiary/aromatic N) is 3. The van der Waals surface area contributed by atoms with Crippen LogP contribution >= 0.6 is 11.8 Å². The molecule has 1 amide bonds. The molecule has 26 heavy (non-hydrogen) atoms. The minimum Gasteiger partial charge on any atom is -0.497 e. The van der Waals surface area contributed by atoms with Crippen molar-refractivity contribution in [1.82, 2.24) is 20.1 Å². The number of ether oxygens (including phenoxy) is 1. The summed E-state index contributed by atoms with van der Waals surface area (Å²) in [6, 6.07) is 7.67. The van der Waals surface area contributed by atoms with Crippen LogP contribution < -0.4 is 10.1 Å². The van der Waals surface area contributed by atoms with E-state index in [0.717, 1.165) is 29.6 Å². The van der Waals surface area contributed by atoms with E-state index in [0.29, 0.717) is 18.2 Å². The average Bonchev–Trinajstić information content (AvgIpc) is 3.34. The molecule has 0 unspecified atom stereocenters. The van der Waals surface area contributed by atoms with Crippen molar-refractivity contribution in [3.8, 4) is 5.75 Å². The SMILES string of the molecule is COc1ccc(C(=O)NCCCc2nnc(SC)n2C2CCCC2)cc1. The molecule has 6 nitrogen and oxygen atoms in total. The molecule has 1 aromatic carbocycles. The maximum atomic E-state index is 12.2. The fourth-order valence-corrected chi connectivity index (χ4v) is 4.01. The number of aryl methyl sites for hydroxylation is 1. The van der Waals surface area contributed by atoms with E-state index in [1.807, 2.05) is 6.26 Å².